The Morgan fingerprint density at radius 2 is 1.58 bits per heavy atom. The molecular weight excluding hydrogens is 693 g/mol. The fourth-order valence-electron chi connectivity index (χ4n) is 7.36. The summed E-state index contributed by atoms with van der Waals surface area (Å²) in [7, 11) is 0. The third-order valence-electron chi connectivity index (χ3n) is 10.2. The number of hydrogen-bond donors (Lipinski definition) is 0. The van der Waals surface area contributed by atoms with Gasteiger partial charge in [-0.15, -0.1) is 0 Å². The van der Waals surface area contributed by atoms with Gasteiger partial charge in [-0.1, -0.05) is 37.3 Å². The molecule has 4 aliphatic rings. The number of hydrogen-bond acceptors (Lipinski definition) is 9. The molecule has 3 unspecified atom stereocenters. The van der Waals surface area contributed by atoms with Crippen LogP contribution in [0.5, 0.6) is 5.75 Å². The van der Waals surface area contributed by atoms with E-state index in [1.807, 2.05) is 13.0 Å². The summed E-state index contributed by atoms with van der Waals surface area (Å²) < 4.78 is 89.2. The summed E-state index contributed by atoms with van der Waals surface area (Å²) in [4.78, 5) is 12.0. The van der Waals surface area contributed by atoms with E-state index in [-0.39, 0.29) is 54.9 Å². The normalized spacial score (nSPS) is 29.1. The van der Waals surface area contributed by atoms with Crippen LogP contribution in [0.25, 0.3) is 0 Å². The minimum Gasteiger partial charge on any atom is -0.491 e. The van der Waals surface area contributed by atoms with Crippen LogP contribution in [0.15, 0.2) is 48.6 Å². The van der Waals surface area contributed by atoms with Gasteiger partial charge in [-0.2, -0.15) is 13.2 Å². The Kier molecular flexibility index (Phi) is 17.4. The predicted octanol–water partition coefficient (Wildman–Crippen LogP) is 9.08. The van der Waals surface area contributed by atoms with E-state index in [9.17, 15) is 18.0 Å². The quantitative estimate of drug-likeness (QED) is 0.0780. The van der Waals surface area contributed by atoms with Crippen LogP contribution in [0, 0.1) is 11.8 Å². The summed E-state index contributed by atoms with van der Waals surface area (Å²) >= 11 is 0. The van der Waals surface area contributed by atoms with Crippen LogP contribution in [-0.4, -0.2) is 76.2 Å². The molecule has 8 atom stereocenters. The molecule has 298 valence electrons. The third kappa shape index (κ3) is 14.3. The van der Waals surface area contributed by atoms with Gasteiger partial charge in [-0.25, -0.2) is 0 Å². The Bertz CT molecular complexity index is 1260. The van der Waals surface area contributed by atoms with Gasteiger partial charge in [0.2, 0.25) is 0 Å². The molecule has 0 amide bonds. The summed E-state index contributed by atoms with van der Waals surface area (Å²) in [5.41, 5.74) is -0.769. The number of esters is 1. The van der Waals surface area contributed by atoms with Crippen LogP contribution in [0.1, 0.15) is 109 Å². The summed E-state index contributed by atoms with van der Waals surface area (Å²) in [6, 6.07) is 4.90. The van der Waals surface area contributed by atoms with Gasteiger partial charge in [0, 0.05) is 38.6 Å². The van der Waals surface area contributed by atoms with Crippen LogP contribution >= 0.6 is 0 Å². The maximum Gasteiger partial charge on any atom is 0.416 e. The molecule has 0 spiro atoms. The van der Waals surface area contributed by atoms with E-state index in [1.165, 1.54) is 12.1 Å². The van der Waals surface area contributed by atoms with Crippen molar-refractivity contribution >= 4 is 5.97 Å². The van der Waals surface area contributed by atoms with Crippen molar-refractivity contribution in [1.82, 2.24) is 0 Å². The van der Waals surface area contributed by atoms with Gasteiger partial charge >= 0.3 is 12.1 Å². The zero-order valence-corrected chi connectivity index (χ0v) is 31.2. The molecule has 4 fully saturated rings. The standard InChI is InChI=1S/C41H59F3O9/c1-2-23-46-37(45)17-6-4-3-5-16-33-34(36(53-40-20-9-12-26-49-40)28-35(33)52-39-19-8-11-25-48-39)22-21-32(51-38-18-7-10-24-47-38)29-50-31-15-13-14-30(27-31)41(42,43)44/h3,5,13-15,21-22,27,32-36,38-40H,2,4,6-12,16-20,23-26,28-29H2,1H3/t32-,33-,34-,35+,36-,38?,39?,40?/m1/s1. The molecule has 1 aliphatic carbocycles. The van der Waals surface area contributed by atoms with E-state index in [4.69, 9.17) is 37.9 Å². The van der Waals surface area contributed by atoms with Crippen LogP contribution < -0.4 is 4.74 Å². The maximum atomic E-state index is 13.4. The Morgan fingerprint density at radius 1 is 0.906 bits per heavy atom. The van der Waals surface area contributed by atoms with Gasteiger partial charge in [0.1, 0.15) is 18.5 Å². The fraction of sp³-hybridized carbons (Fsp3) is 0.732. The van der Waals surface area contributed by atoms with Crippen molar-refractivity contribution in [3.8, 4) is 5.75 Å². The second kappa shape index (κ2) is 22.2. The van der Waals surface area contributed by atoms with E-state index in [0.717, 1.165) is 89.2 Å². The number of ether oxygens (including phenoxy) is 8. The number of alkyl halides is 3. The molecule has 12 heteroatoms. The zero-order chi connectivity index (χ0) is 37.3. The monoisotopic (exact) mass is 752 g/mol. The first-order chi connectivity index (χ1) is 25.8. The highest BCUT2D eigenvalue weighted by Crippen LogP contribution is 2.42. The van der Waals surface area contributed by atoms with E-state index in [0.29, 0.717) is 45.7 Å². The van der Waals surface area contributed by atoms with Crippen molar-refractivity contribution in [1.29, 1.82) is 0 Å². The molecule has 0 radical (unpaired) electrons. The molecule has 3 saturated heterocycles. The number of halogens is 3. The minimum atomic E-state index is -4.48. The van der Waals surface area contributed by atoms with E-state index in [2.05, 4.69) is 18.2 Å². The zero-order valence-electron chi connectivity index (χ0n) is 31.2. The summed E-state index contributed by atoms with van der Waals surface area (Å²) in [6.45, 7) is 4.36. The molecular formula is C41H59F3O9. The van der Waals surface area contributed by atoms with Crippen molar-refractivity contribution in [3.05, 3.63) is 54.1 Å². The minimum absolute atomic E-state index is 0.00273. The highest BCUT2D eigenvalue weighted by atomic mass is 19.4. The number of rotatable bonds is 19. The van der Waals surface area contributed by atoms with E-state index < -0.39 is 24.1 Å². The maximum absolute atomic E-state index is 13.4. The van der Waals surface area contributed by atoms with Crippen LogP contribution in [0.3, 0.4) is 0 Å². The highest BCUT2D eigenvalue weighted by Gasteiger charge is 2.45. The summed E-state index contributed by atoms with van der Waals surface area (Å²) in [5.74, 6) is -0.105. The molecule has 5 rings (SSSR count). The highest BCUT2D eigenvalue weighted by molar-refractivity contribution is 5.69. The Balaban J connectivity index is 1.34. The topological polar surface area (TPSA) is 90.9 Å². The molecule has 1 aromatic rings. The number of carbonyl (C=O) groups is 1. The molecule has 0 N–H and O–H groups in total. The largest absolute Gasteiger partial charge is 0.491 e. The lowest BCUT2D eigenvalue weighted by Crippen LogP contribution is -2.32. The average molecular weight is 753 g/mol. The lowest BCUT2D eigenvalue weighted by Gasteiger charge is -2.30. The molecule has 3 heterocycles. The molecule has 1 saturated carbocycles. The van der Waals surface area contributed by atoms with Gasteiger partial charge in [-0.3, -0.25) is 4.79 Å². The Labute approximate surface area is 312 Å². The second-order valence-electron chi connectivity index (χ2n) is 14.4. The number of allylic oxidation sites excluding steroid dienone is 2. The third-order valence-corrected chi connectivity index (χ3v) is 10.2. The van der Waals surface area contributed by atoms with Gasteiger partial charge in [0.05, 0.1) is 24.4 Å². The first-order valence-electron chi connectivity index (χ1n) is 19.9. The Morgan fingerprint density at radius 3 is 2.23 bits per heavy atom. The van der Waals surface area contributed by atoms with Crippen LogP contribution in [-0.2, 0) is 44.1 Å². The fourth-order valence-corrected chi connectivity index (χ4v) is 7.36. The number of carbonyl (C=O) groups excluding carboxylic acids is 1. The molecule has 0 aromatic heterocycles. The van der Waals surface area contributed by atoms with Gasteiger partial charge < -0.3 is 37.9 Å². The van der Waals surface area contributed by atoms with Crippen molar-refractivity contribution in [2.45, 2.75) is 147 Å². The SMILES string of the molecule is CCCOC(=O)CCCC=CC[C@@H]1[C@@H](C=C[C@H](COc2cccc(C(F)(F)F)c2)OC2CCCCO2)[C@H](OC2CCCCO2)C[C@@H]1OC1CCCCO1. The molecule has 53 heavy (non-hydrogen) atoms. The lowest BCUT2D eigenvalue weighted by atomic mass is 9.89. The Hall–Kier alpha value is -2.48. The van der Waals surface area contributed by atoms with Crippen LogP contribution in [0.2, 0.25) is 0 Å². The van der Waals surface area contributed by atoms with E-state index in [1.54, 1.807) is 0 Å². The second-order valence-corrected chi connectivity index (χ2v) is 14.4. The molecule has 0 bridgehead atoms. The first-order valence-corrected chi connectivity index (χ1v) is 19.9. The smallest absolute Gasteiger partial charge is 0.416 e. The number of benzene rings is 1. The average Bonchev–Trinajstić information content (AvgIpc) is 3.48. The van der Waals surface area contributed by atoms with Crippen molar-refractivity contribution < 1.29 is 55.9 Å². The molecule has 9 nitrogen and oxygen atoms in total. The summed E-state index contributed by atoms with van der Waals surface area (Å²) in [5, 5.41) is 0. The molecule has 1 aromatic carbocycles. The van der Waals surface area contributed by atoms with Crippen molar-refractivity contribution in [2.24, 2.45) is 11.8 Å². The van der Waals surface area contributed by atoms with Gasteiger partial charge in [0.25, 0.3) is 0 Å². The van der Waals surface area contributed by atoms with Crippen molar-refractivity contribution in [2.75, 3.05) is 33.0 Å². The van der Waals surface area contributed by atoms with Gasteiger partial charge in [0.15, 0.2) is 18.9 Å². The van der Waals surface area contributed by atoms with Gasteiger partial charge in [-0.05, 0) is 108 Å². The number of unbranched alkanes of at least 4 members (excludes halogenated alkanes) is 1. The molecule has 3 aliphatic heterocycles. The van der Waals surface area contributed by atoms with E-state index >= 15 is 0 Å². The predicted molar refractivity (Wildman–Crippen MR) is 192 cm³/mol. The first kappa shape index (κ1) is 41.7. The van der Waals surface area contributed by atoms with Crippen LogP contribution in [0.4, 0.5) is 13.2 Å². The lowest BCUT2D eigenvalue weighted by molar-refractivity contribution is -0.203. The van der Waals surface area contributed by atoms with Crippen molar-refractivity contribution in [3.63, 3.8) is 0 Å². The summed E-state index contributed by atoms with van der Waals surface area (Å²) in [6.07, 6.45) is 14.4.